The van der Waals surface area contributed by atoms with Crippen LogP contribution in [0.15, 0.2) is 17.4 Å². The highest BCUT2D eigenvalue weighted by molar-refractivity contribution is 5.82. The van der Waals surface area contributed by atoms with Crippen LogP contribution in [0.4, 0.5) is 0 Å². The first kappa shape index (κ1) is 10.2. The highest BCUT2D eigenvalue weighted by Crippen LogP contribution is 2.23. The van der Waals surface area contributed by atoms with Crippen LogP contribution in [0.25, 0.3) is 0 Å². The molecule has 0 saturated heterocycles. The Morgan fingerprint density at radius 1 is 1.47 bits per heavy atom. The normalized spacial score (nSPS) is 19.3. The Morgan fingerprint density at radius 2 is 2.27 bits per heavy atom. The third-order valence-corrected chi connectivity index (χ3v) is 2.99. The van der Waals surface area contributed by atoms with Gasteiger partial charge in [-0.05, 0) is 12.8 Å². The lowest BCUT2D eigenvalue weighted by atomic mass is 9.88. The number of nitrogens with two attached hydrogens (primary N) is 1. The van der Waals surface area contributed by atoms with Gasteiger partial charge in [0.05, 0.1) is 12.4 Å². The summed E-state index contributed by atoms with van der Waals surface area (Å²) < 4.78 is 0. The largest absolute Gasteiger partial charge is 0.387 e. The Kier molecular flexibility index (Phi) is 3.37. The quantitative estimate of drug-likeness (QED) is 0.585. The summed E-state index contributed by atoms with van der Waals surface area (Å²) in [7, 11) is 0. The second kappa shape index (κ2) is 4.96. The molecular weight excluding hydrogens is 188 g/mol. The first-order valence-corrected chi connectivity index (χ1v) is 5.64. The minimum Gasteiger partial charge on any atom is -0.387 e. The van der Waals surface area contributed by atoms with E-state index in [1.165, 1.54) is 32.1 Å². The number of imidazole rings is 1. The van der Waals surface area contributed by atoms with Gasteiger partial charge in [0.15, 0.2) is 0 Å². The molecule has 0 bridgehead atoms. The smallest absolute Gasteiger partial charge is 0.127 e. The minimum atomic E-state index is 0.508. The van der Waals surface area contributed by atoms with Gasteiger partial charge in [0.2, 0.25) is 0 Å². The third-order valence-electron chi connectivity index (χ3n) is 2.99. The summed E-state index contributed by atoms with van der Waals surface area (Å²) in [6, 6.07) is 0. The van der Waals surface area contributed by atoms with Crippen molar-refractivity contribution in [3.05, 3.63) is 18.2 Å². The average Bonchev–Trinajstić information content (AvgIpc) is 2.80. The maximum Gasteiger partial charge on any atom is 0.127 e. The maximum atomic E-state index is 5.97. The van der Waals surface area contributed by atoms with Gasteiger partial charge in [-0.15, -0.1) is 0 Å². The molecule has 1 aliphatic carbocycles. The van der Waals surface area contributed by atoms with Crippen LogP contribution >= 0.6 is 0 Å². The molecule has 0 amide bonds. The number of hydrogen-bond acceptors (Lipinski definition) is 2. The van der Waals surface area contributed by atoms with Crippen LogP contribution in [0.2, 0.25) is 0 Å². The highest BCUT2D eigenvalue weighted by Gasteiger charge is 2.16. The molecule has 2 rings (SSSR count). The molecule has 0 aromatic carbocycles. The van der Waals surface area contributed by atoms with Crippen molar-refractivity contribution in [1.82, 2.24) is 9.97 Å². The van der Waals surface area contributed by atoms with E-state index >= 15 is 0 Å². The SMILES string of the molecule is NC(=NCc1ncc[nH]1)C1CCCCC1. The van der Waals surface area contributed by atoms with Gasteiger partial charge in [0, 0.05) is 18.3 Å². The lowest BCUT2D eigenvalue weighted by Crippen LogP contribution is -2.25. The fourth-order valence-corrected chi connectivity index (χ4v) is 2.08. The summed E-state index contributed by atoms with van der Waals surface area (Å²) in [5, 5.41) is 0. The van der Waals surface area contributed by atoms with E-state index in [9.17, 15) is 0 Å². The number of aromatic amines is 1. The molecule has 0 unspecified atom stereocenters. The molecule has 15 heavy (non-hydrogen) atoms. The summed E-state index contributed by atoms with van der Waals surface area (Å²) in [4.78, 5) is 11.5. The highest BCUT2D eigenvalue weighted by atomic mass is 15.0. The Balaban J connectivity index is 1.88. The molecule has 1 saturated carbocycles. The van der Waals surface area contributed by atoms with Crippen molar-refractivity contribution in [1.29, 1.82) is 0 Å². The molecule has 1 aromatic rings. The van der Waals surface area contributed by atoms with Gasteiger partial charge < -0.3 is 10.7 Å². The molecule has 0 radical (unpaired) electrons. The first-order valence-electron chi connectivity index (χ1n) is 5.64. The molecule has 1 aliphatic rings. The lowest BCUT2D eigenvalue weighted by molar-refractivity contribution is 0.436. The number of aliphatic imine (C=N–C) groups is 1. The molecule has 0 spiro atoms. The van der Waals surface area contributed by atoms with Gasteiger partial charge >= 0.3 is 0 Å². The molecule has 82 valence electrons. The average molecular weight is 206 g/mol. The Morgan fingerprint density at radius 3 is 2.93 bits per heavy atom. The summed E-state index contributed by atoms with van der Waals surface area (Å²) in [6.45, 7) is 0.579. The number of hydrogen-bond donors (Lipinski definition) is 2. The van der Waals surface area contributed by atoms with Crippen molar-refractivity contribution in [2.75, 3.05) is 0 Å². The monoisotopic (exact) mass is 206 g/mol. The molecule has 1 fully saturated rings. The van der Waals surface area contributed by atoms with E-state index < -0.39 is 0 Å². The summed E-state index contributed by atoms with van der Waals surface area (Å²) >= 11 is 0. The van der Waals surface area contributed by atoms with E-state index in [0.29, 0.717) is 12.5 Å². The van der Waals surface area contributed by atoms with Crippen molar-refractivity contribution < 1.29 is 0 Å². The molecule has 0 aliphatic heterocycles. The van der Waals surface area contributed by atoms with Gasteiger partial charge in [-0.25, -0.2) is 4.98 Å². The fraction of sp³-hybridized carbons (Fsp3) is 0.636. The minimum absolute atomic E-state index is 0.508. The summed E-state index contributed by atoms with van der Waals surface area (Å²) in [5.74, 6) is 2.20. The van der Waals surface area contributed by atoms with Crippen LogP contribution in [0.1, 0.15) is 37.9 Å². The Hall–Kier alpha value is -1.32. The van der Waals surface area contributed by atoms with Crippen molar-refractivity contribution in [3.63, 3.8) is 0 Å². The van der Waals surface area contributed by atoms with Crippen molar-refractivity contribution in [3.8, 4) is 0 Å². The summed E-state index contributed by atoms with van der Waals surface area (Å²) in [5.41, 5.74) is 5.97. The lowest BCUT2D eigenvalue weighted by Gasteiger charge is -2.20. The van der Waals surface area contributed by atoms with Gasteiger partial charge in [-0.1, -0.05) is 19.3 Å². The van der Waals surface area contributed by atoms with Crippen molar-refractivity contribution in [2.24, 2.45) is 16.6 Å². The van der Waals surface area contributed by atoms with Gasteiger partial charge in [-0.3, -0.25) is 4.99 Å². The van der Waals surface area contributed by atoms with Crippen LogP contribution in [-0.2, 0) is 6.54 Å². The van der Waals surface area contributed by atoms with Gasteiger partial charge in [0.25, 0.3) is 0 Å². The van der Waals surface area contributed by atoms with Crippen LogP contribution in [-0.4, -0.2) is 15.8 Å². The predicted octanol–water partition coefficient (Wildman–Crippen LogP) is 1.85. The van der Waals surface area contributed by atoms with E-state index in [4.69, 9.17) is 5.73 Å². The molecular formula is C11H18N4. The van der Waals surface area contributed by atoms with E-state index in [-0.39, 0.29) is 0 Å². The van der Waals surface area contributed by atoms with Crippen molar-refractivity contribution in [2.45, 2.75) is 38.6 Å². The zero-order valence-electron chi connectivity index (χ0n) is 8.95. The summed E-state index contributed by atoms with van der Waals surface area (Å²) in [6.07, 6.45) is 9.88. The molecule has 4 heteroatoms. The second-order valence-corrected chi connectivity index (χ2v) is 4.11. The van der Waals surface area contributed by atoms with Crippen LogP contribution < -0.4 is 5.73 Å². The Bertz CT molecular complexity index is 309. The second-order valence-electron chi connectivity index (χ2n) is 4.11. The number of nitrogens with zero attached hydrogens (tertiary/aromatic N) is 2. The number of amidine groups is 1. The van der Waals surface area contributed by atoms with E-state index in [0.717, 1.165) is 11.7 Å². The standard InChI is InChI=1S/C11H18N4/c12-11(9-4-2-1-3-5-9)15-8-10-13-6-7-14-10/h6-7,9H,1-5,8H2,(H2,12,15)(H,13,14). The molecule has 0 atom stereocenters. The van der Waals surface area contributed by atoms with Crippen LogP contribution in [0, 0.1) is 5.92 Å². The number of H-pyrrole nitrogens is 1. The molecule has 3 N–H and O–H groups in total. The van der Waals surface area contributed by atoms with Crippen molar-refractivity contribution >= 4 is 5.84 Å². The van der Waals surface area contributed by atoms with Gasteiger partial charge in [0.1, 0.15) is 5.82 Å². The zero-order chi connectivity index (χ0) is 10.5. The topological polar surface area (TPSA) is 67.1 Å². The zero-order valence-corrected chi connectivity index (χ0v) is 8.95. The number of nitrogens with one attached hydrogen (secondary N) is 1. The van der Waals surface area contributed by atoms with E-state index in [2.05, 4.69) is 15.0 Å². The fourth-order valence-electron chi connectivity index (χ4n) is 2.08. The van der Waals surface area contributed by atoms with E-state index in [1.54, 1.807) is 6.20 Å². The van der Waals surface area contributed by atoms with E-state index in [1.807, 2.05) is 6.20 Å². The predicted molar refractivity (Wildman–Crippen MR) is 60.5 cm³/mol. The number of rotatable bonds is 3. The molecule has 1 heterocycles. The van der Waals surface area contributed by atoms with Gasteiger partial charge in [-0.2, -0.15) is 0 Å². The Labute approximate surface area is 90.0 Å². The van der Waals surface area contributed by atoms with Crippen LogP contribution in [0.5, 0.6) is 0 Å². The maximum absolute atomic E-state index is 5.97. The van der Waals surface area contributed by atoms with Crippen LogP contribution in [0.3, 0.4) is 0 Å². The third kappa shape index (κ3) is 2.81. The molecule has 1 aromatic heterocycles. The number of aromatic nitrogens is 2. The molecule has 4 nitrogen and oxygen atoms in total. The first-order chi connectivity index (χ1) is 7.36.